The molecule has 8 heteroatoms. The summed E-state index contributed by atoms with van der Waals surface area (Å²) in [7, 11) is -3.13. The maximum absolute atomic E-state index is 12.9. The van der Waals surface area contributed by atoms with Gasteiger partial charge in [0.05, 0.1) is 11.3 Å². The quantitative estimate of drug-likeness (QED) is 0.759. The van der Waals surface area contributed by atoms with Gasteiger partial charge in [0.1, 0.15) is 20.7 Å². The number of carbonyl (C=O) groups excluding carboxylic acids is 1. The molecule has 0 atom stereocenters. The van der Waals surface area contributed by atoms with Crippen LogP contribution < -0.4 is 5.32 Å². The third-order valence-electron chi connectivity index (χ3n) is 3.06. The van der Waals surface area contributed by atoms with E-state index in [1.165, 1.54) is 23.9 Å². The molecule has 1 aromatic heterocycles. The van der Waals surface area contributed by atoms with Crippen molar-refractivity contribution >= 4 is 27.5 Å². The van der Waals surface area contributed by atoms with Crippen LogP contribution in [0.3, 0.4) is 0 Å². The molecule has 2 aromatic rings. The number of hydrogen-bond acceptors (Lipinski definition) is 5. The van der Waals surface area contributed by atoms with Crippen LogP contribution in [0.25, 0.3) is 0 Å². The highest BCUT2D eigenvalue weighted by Gasteiger charge is 2.13. The van der Waals surface area contributed by atoms with E-state index in [9.17, 15) is 17.6 Å². The zero-order chi connectivity index (χ0) is 17.6. The lowest BCUT2D eigenvalue weighted by molar-refractivity contribution is 0.0952. The molecule has 1 N–H and O–H groups in total. The van der Waals surface area contributed by atoms with Crippen molar-refractivity contribution in [1.82, 2.24) is 10.3 Å². The molecule has 0 fully saturated rings. The number of aromatic nitrogens is 1. The number of carbonyl (C=O) groups is 1. The van der Waals surface area contributed by atoms with Crippen LogP contribution in [-0.2, 0) is 15.6 Å². The van der Waals surface area contributed by atoms with Gasteiger partial charge in [-0.2, -0.15) is 0 Å². The molecule has 1 amide bonds. The fourth-order valence-electron chi connectivity index (χ4n) is 1.86. The molecule has 2 rings (SSSR count). The smallest absolute Gasteiger partial charge is 0.254 e. The standard InChI is InChI=1S/C16H17FN2O3S2/c1-24(21,22)10-9-18-15(20)14-3-2-8-19-16(14)23-11-12-4-6-13(17)7-5-12/h2-8H,9-11H2,1H3,(H,18,20). The zero-order valence-corrected chi connectivity index (χ0v) is 14.7. The van der Waals surface area contributed by atoms with Crippen LogP contribution in [-0.4, -0.2) is 37.9 Å². The average Bonchev–Trinajstić information content (AvgIpc) is 2.53. The molecule has 0 aliphatic rings. The van der Waals surface area contributed by atoms with Crippen molar-refractivity contribution < 1.29 is 17.6 Å². The van der Waals surface area contributed by atoms with E-state index in [1.54, 1.807) is 30.5 Å². The fraction of sp³-hybridized carbons (Fsp3) is 0.250. The molecule has 5 nitrogen and oxygen atoms in total. The van der Waals surface area contributed by atoms with Gasteiger partial charge in [-0.05, 0) is 29.8 Å². The minimum absolute atomic E-state index is 0.0502. The van der Waals surface area contributed by atoms with E-state index >= 15 is 0 Å². The molecule has 1 heterocycles. The third-order valence-corrected chi connectivity index (χ3v) is 5.09. The first-order chi connectivity index (χ1) is 11.3. The average molecular weight is 368 g/mol. The monoisotopic (exact) mass is 368 g/mol. The van der Waals surface area contributed by atoms with Crippen molar-refractivity contribution in [2.45, 2.75) is 10.8 Å². The largest absolute Gasteiger partial charge is 0.351 e. The van der Waals surface area contributed by atoms with Crippen molar-refractivity contribution in [3.63, 3.8) is 0 Å². The summed E-state index contributed by atoms with van der Waals surface area (Å²) >= 11 is 1.36. The second-order valence-corrected chi connectivity index (χ2v) is 8.38. The van der Waals surface area contributed by atoms with Gasteiger partial charge in [-0.15, -0.1) is 11.8 Å². The Morgan fingerprint density at radius 2 is 1.96 bits per heavy atom. The molecule has 1 aromatic carbocycles. The molecule has 0 saturated heterocycles. The lowest BCUT2D eigenvalue weighted by Crippen LogP contribution is -2.29. The number of nitrogens with zero attached hydrogens (tertiary/aromatic N) is 1. The van der Waals surface area contributed by atoms with Gasteiger partial charge in [-0.3, -0.25) is 4.79 Å². The molecule has 0 unspecified atom stereocenters. The molecule has 24 heavy (non-hydrogen) atoms. The highest BCUT2D eigenvalue weighted by Crippen LogP contribution is 2.24. The molecule has 0 saturated carbocycles. The molecule has 0 aliphatic heterocycles. The number of rotatable bonds is 7. The van der Waals surface area contributed by atoms with Crippen molar-refractivity contribution in [1.29, 1.82) is 0 Å². The number of benzene rings is 1. The van der Waals surface area contributed by atoms with E-state index in [0.717, 1.165) is 11.8 Å². The van der Waals surface area contributed by atoms with Gasteiger partial charge >= 0.3 is 0 Å². The SMILES string of the molecule is CS(=O)(=O)CCNC(=O)c1cccnc1SCc1ccc(F)cc1. The van der Waals surface area contributed by atoms with Crippen LogP contribution in [0.4, 0.5) is 4.39 Å². The van der Waals surface area contributed by atoms with E-state index in [0.29, 0.717) is 16.3 Å². The van der Waals surface area contributed by atoms with Crippen molar-refractivity contribution in [2.75, 3.05) is 18.6 Å². The minimum atomic E-state index is -3.13. The fourth-order valence-corrected chi connectivity index (χ4v) is 3.28. The Morgan fingerprint density at radius 1 is 1.25 bits per heavy atom. The molecular formula is C16H17FN2O3S2. The van der Waals surface area contributed by atoms with E-state index in [-0.39, 0.29) is 24.0 Å². The maximum Gasteiger partial charge on any atom is 0.254 e. The number of halogens is 1. The second kappa shape index (κ2) is 8.25. The Kier molecular flexibility index (Phi) is 6.33. The van der Waals surface area contributed by atoms with Crippen molar-refractivity contribution in [2.24, 2.45) is 0 Å². The number of thioether (sulfide) groups is 1. The van der Waals surface area contributed by atoms with Crippen molar-refractivity contribution in [3.8, 4) is 0 Å². The van der Waals surface area contributed by atoms with Gasteiger partial charge in [0.2, 0.25) is 0 Å². The van der Waals surface area contributed by atoms with Gasteiger partial charge in [0.25, 0.3) is 5.91 Å². The van der Waals surface area contributed by atoms with E-state index in [4.69, 9.17) is 0 Å². The first kappa shape index (κ1) is 18.4. The van der Waals surface area contributed by atoms with E-state index in [1.807, 2.05) is 0 Å². The summed E-state index contributed by atoms with van der Waals surface area (Å²) in [6.07, 6.45) is 2.70. The topological polar surface area (TPSA) is 76.1 Å². The highest BCUT2D eigenvalue weighted by atomic mass is 32.2. The van der Waals surface area contributed by atoms with Gasteiger partial charge in [-0.25, -0.2) is 17.8 Å². The number of hydrogen-bond donors (Lipinski definition) is 1. The number of pyridine rings is 1. The summed E-state index contributed by atoms with van der Waals surface area (Å²) in [5.74, 6) is -0.237. The molecule has 128 valence electrons. The van der Waals surface area contributed by atoms with E-state index in [2.05, 4.69) is 10.3 Å². The summed E-state index contributed by atoms with van der Waals surface area (Å²) < 4.78 is 35.1. The molecular weight excluding hydrogens is 351 g/mol. The predicted molar refractivity (Wildman–Crippen MR) is 92.2 cm³/mol. The molecule has 0 radical (unpaired) electrons. The Balaban J connectivity index is 2.01. The van der Waals surface area contributed by atoms with Gasteiger partial charge in [-0.1, -0.05) is 12.1 Å². The van der Waals surface area contributed by atoms with E-state index < -0.39 is 9.84 Å². The summed E-state index contributed by atoms with van der Waals surface area (Å²) in [6.45, 7) is 0.0502. The lowest BCUT2D eigenvalue weighted by Gasteiger charge is -2.09. The van der Waals surface area contributed by atoms with Crippen LogP contribution in [0.2, 0.25) is 0 Å². The van der Waals surface area contributed by atoms with Gasteiger partial charge in [0, 0.05) is 24.8 Å². The number of nitrogens with one attached hydrogen (secondary N) is 1. The van der Waals surface area contributed by atoms with Gasteiger partial charge in [0.15, 0.2) is 0 Å². The third kappa shape index (κ3) is 5.93. The lowest BCUT2D eigenvalue weighted by atomic mass is 10.2. The van der Waals surface area contributed by atoms with Crippen molar-refractivity contribution in [3.05, 3.63) is 59.5 Å². The van der Waals surface area contributed by atoms with Crippen LogP contribution in [0.1, 0.15) is 15.9 Å². The molecule has 0 bridgehead atoms. The number of amides is 1. The van der Waals surface area contributed by atoms with Gasteiger partial charge < -0.3 is 5.32 Å². The molecule has 0 aliphatic carbocycles. The second-order valence-electron chi connectivity index (χ2n) is 5.16. The summed E-state index contributed by atoms with van der Waals surface area (Å²) in [5.41, 5.74) is 1.30. The van der Waals surface area contributed by atoms with Crippen LogP contribution in [0, 0.1) is 5.82 Å². The zero-order valence-electron chi connectivity index (χ0n) is 13.0. The summed E-state index contributed by atoms with van der Waals surface area (Å²) in [4.78, 5) is 16.4. The number of sulfone groups is 1. The van der Waals surface area contributed by atoms with Crippen LogP contribution >= 0.6 is 11.8 Å². The first-order valence-corrected chi connectivity index (χ1v) is 10.2. The van der Waals surface area contributed by atoms with Crippen LogP contribution in [0.15, 0.2) is 47.6 Å². The summed E-state index contributed by atoms with van der Waals surface area (Å²) in [6, 6.07) is 9.40. The Bertz CT molecular complexity index is 808. The molecule has 0 spiro atoms. The van der Waals surface area contributed by atoms with Crippen LogP contribution in [0.5, 0.6) is 0 Å². The highest BCUT2D eigenvalue weighted by molar-refractivity contribution is 7.98. The summed E-state index contributed by atoms with van der Waals surface area (Å²) in [5, 5.41) is 3.12. The Hall–Kier alpha value is -1.93. The normalized spacial score (nSPS) is 11.2. The Morgan fingerprint density at radius 3 is 2.62 bits per heavy atom. The predicted octanol–water partition coefficient (Wildman–Crippen LogP) is 2.29. The first-order valence-electron chi connectivity index (χ1n) is 7.13. The Labute approximate surface area is 144 Å². The minimum Gasteiger partial charge on any atom is -0.351 e. The maximum atomic E-state index is 12.9.